The highest BCUT2D eigenvalue weighted by Crippen LogP contribution is 2.39. The number of hydrogen-bond acceptors (Lipinski definition) is 2. The van der Waals surface area contributed by atoms with Crippen molar-refractivity contribution in [2.45, 2.75) is 53.1 Å². The van der Waals surface area contributed by atoms with E-state index in [-0.39, 0.29) is 17.1 Å². The average Bonchev–Trinajstić information content (AvgIpc) is 2.25. The molecule has 0 aliphatic heterocycles. The van der Waals surface area contributed by atoms with Crippen molar-refractivity contribution >= 4 is 5.97 Å². The Kier molecular flexibility index (Phi) is 4.17. The van der Waals surface area contributed by atoms with Gasteiger partial charge in [0.2, 0.25) is 0 Å². The van der Waals surface area contributed by atoms with E-state index in [0.29, 0.717) is 5.92 Å². The minimum absolute atomic E-state index is 0.0339. The summed E-state index contributed by atoms with van der Waals surface area (Å²) in [5.74, 6) is -0.519. The molecule has 1 fully saturated rings. The largest absolute Gasteiger partial charge is 0.459 e. The Morgan fingerprint density at radius 2 is 2.05 bits per heavy atom. The van der Waals surface area contributed by atoms with Gasteiger partial charge in [-0.1, -0.05) is 26.8 Å². The van der Waals surface area contributed by atoms with Crippen molar-refractivity contribution < 1.29 is 13.9 Å². The van der Waals surface area contributed by atoms with Gasteiger partial charge in [-0.2, -0.15) is 0 Å². The van der Waals surface area contributed by atoms with Crippen molar-refractivity contribution in [3.63, 3.8) is 0 Å². The molecule has 2 rings (SSSR count). The Hall–Kier alpha value is -1.38. The van der Waals surface area contributed by atoms with E-state index in [2.05, 4.69) is 20.8 Å². The quantitative estimate of drug-likeness (QED) is 0.744. The molecule has 2 unspecified atom stereocenters. The van der Waals surface area contributed by atoms with Crippen LogP contribution in [0.15, 0.2) is 18.2 Å². The number of carbonyl (C=O) groups is 1. The Morgan fingerprint density at radius 3 is 2.65 bits per heavy atom. The lowest BCUT2D eigenvalue weighted by Crippen LogP contribution is -2.34. The van der Waals surface area contributed by atoms with E-state index in [0.717, 1.165) is 24.8 Å². The summed E-state index contributed by atoms with van der Waals surface area (Å²) in [5.41, 5.74) is 1.01. The monoisotopic (exact) mass is 278 g/mol. The van der Waals surface area contributed by atoms with Gasteiger partial charge in [0.15, 0.2) is 0 Å². The first-order chi connectivity index (χ1) is 9.27. The fourth-order valence-electron chi connectivity index (χ4n) is 3.35. The van der Waals surface area contributed by atoms with Gasteiger partial charge < -0.3 is 4.74 Å². The minimum atomic E-state index is -0.544. The van der Waals surface area contributed by atoms with Gasteiger partial charge >= 0.3 is 5.97 Å². The lowest BCUT2D eigenvalue weighted by molar-refractivity contribution is -0.00750. The Bertz CT molecular complexity index is 508. The van der Waals surface area contributed by atoms with Crippen LogP contribution in [0.25, 0.3) is 0 Å². The van der Waals surface area contributed by atoms with Crippen molar-refractivity contribution in [2.75, 3.05) is 0 Å². The summed E-state index contributed by atoms with van der Waals surface area (Å²) in [7, 11) is 0. The first kappa shape index (κ1) is 15.0. The number of ether oxygens (including phenoxy) is 1. The van der Waals surface area contributed by atoms with Gasteiger partial charge in [-0.3, -0.25) is 0 Å². The summed E-state index contributed by atoms with van der Waals surface area (Å²) in [6.45, 7) is 8.35. The molecule has 0 aromatic heterocycles. The number of esters is 1. The summed E-state index contributed by atoms with van der Waals surface area (Å²) < 4.78 is 19.3. The molecule has 1 aliphatic carbocycles. The maximum Gasteiger partial charge on any atom is 0.341 e. The summed E-state index contributed by atoms with van der Waals surface area (Å²) >= 11 is 0. The van der Waals surface area contributed by atoms with Gasteiger partial charge in [-0.15, -0.1) is 0 Å². The molecule has 1 aromatic rings. The predicted octanol–water partition coefficient (Wildman–Crippen LogP) is 4.51. The van der Waals surface area contributed by atoms with Crippen LogP contribution in [-0.2, 0) is 4.74 Å². The lowest BCUT2D eigenvalue weighted by atomic mass is 9.71. The second-order valence-corrected chi connectivity index (χ2v) is 6.92. The molecule has 1 aliphatic rings. The van der Waals surface area contributed by atoms with Crippen LogP contribution in [0.5, 0.6) is 0 Å². The standard InChI is InChI=1S/C17H23FO2/c1-11-5-6-14(15(18)8-11)16(19)20-13-7-12(2)9-17(3,4)10-13/h5-6,8,12-13H,7,9-10H2,1-4H3. The number of hydrogen-bond donors (Lipinski definition) is 0. The third-order valence-corrected chi connectivity index (χ3v) is 3.96. The van der Waals surface area contributed by atoms with Crippen molar-refractivity contribution in [2.24, 2.45) is 11.3 Å². The molecular weight excluding hydrogens is 255 g/mol. The second kappa shape index (κ2) is 5.55. The lowest BCUT2D eigenvalue weighted by Gasteiger charge is -2.38. The van der Waals surface area contributed by atoms with Crippen molar-refractivity contribution in [3.8, 4) is 0 Å². The average molecular weight is 278 g/mol. The van der Waals surface area contributed by atoms with Crippen molar-refractivity contribution in [1.29, 1.82) is 0 Å². The number of rotatable bonds is 2. The van der Waals surface area contributed by atoms with Crippen LogP contribution in [-0.4, -0.2) is 12.1 Å². The zero-order chi connectivity index (χ0) is 14.9. The van der Waals surface area contributed by atoms with E-state index >= 15 is 0 Å². The SMILES string of the molecule is Cc1ccc(C(=O)OC2CC(C)CC(C)(C)C2)c(F)c1. The highest BCUT2D eigenvalue weighted by Gasteiger charge is 2.34. The van der Waals surface area contributed by atoms with E-state index in [9.17, 15) is 9.18 Å². The Balaban J connectivity index is 2.07. The van der Waals surface area contributed by atoms with Crippen LogP contribution in [0.4, 0.5) is 4.39 Å². The minimum Gasteiger partial charge on any atom is -0.459 e. The molecule has 0 heterocycles. The summed E-state index contributed by atoms with van der Waals surface area (Å²) in [6, 6.07) is 4.60. The second-order valence-electron chi connectivity index (χ2n) is 6.92. The highest BCUT2D eigenvalue weighted by atomic mass is 19.1. The zero-order valence-electron chi connectivity index (χ0n) is 12.7. The molecule has 0 radical (unpaired) electrons. The molecular formula is C17H23FO2. The maximum atomic E-state index is 13.8. The fraction of sp³-hybridized carbons (Fsp3) is 0.588. The molecule has 110 valence electrons. The fourth-order valence-corrected chi connectivity index (χ4v) is 3.35. The molecule has 2 atom stereocenters. The van der Waals surface area contributed by atoms with Gasteiger partial charge in [0.05, 0.1) is 5.56 Å². The van der Waals surface area contributed by atoms with Gasteiger partial charge in [-0.05, 0) is 55.2 Å². The third-order valence-electron chi connectivity index (χ3n) is 3.96. The van der Waals surface area contributed by atoms with Crippen molar-refractivity contribution in [1.82, 2.24) is 0 Å². The molecule has 0 spiro atoms. The predicted molar refractivity (Wildman–Crippen MR) is 77.1 cm³/mol. The summed E-state index contributed by atoms with van der Waals surface area (Å²) in [5, 5.41) is 0. The molecule has 0 amide bonds. The Morgan fingerprint density at radius 1 is 1.35 bits per heavy atom. The van der Waals surface area contributed by atoms with Crippen LogP contribution < -0.4 is 0 Å². The van der Waals surface area contributed by atoms with Crippen LogP contribution in [0.1, 0.15) is 56.0 Å². The molecule has 2 nitrogen and oxygen atoms in total. The van der Waals surface area contributed by atoms with Gasteiger partial charge in [0.1, 0.15) is 11.9 Å². The molecule has 3 heteroatoms. The van der Waals surface area contributed by atoms with Gasteiger partial charge in [0.25, 0.3) is 0 Å². The summed E-state index contributed by atoms with van der Waals surface area (Å²) in [4.78, 5) is 12.1. The topological polar surface area (TPSA) is 26.3 Å². The van der Waals surface area contributed by atoms with E-state index in [1.54, 1.807) is 13.0 Å². The van der Waals surface area contributed by atoms with Crippen LogP contribution >= 0.6 is 0 Å². The van der Waals surface area contributed by atoms with E-state index < -0.39 is 11.8 Å². The molecule has 1 aromatic carbocycles. The van der Waals surface area contributed by atoms with E-state index in [4.69, 9.17) is 4.74 Å². The number of benzene rings is 1. The van der Waals surface area contributed by atoms with Crippen LogP contribution in [0.3, 0.4) is 0 Å². The van der Waals surface area contributed by atoms with Crippen LogP contribution in [0.2, 0.25) is 0 Å². The molecule has 0 saturated heterocycles. The number of aryl methyl sites for hydroxylation is 1. The molecule has 20 heavy (non-hydrogen) atoms. The third kappa shape index (κ3) is 3.59. The summed E-state index contributed by atoms with van der Waals surface area (Å²) in [6.07, 6.45) is 2.74. The first-order valence-corrected chi connectivity index (χ1v) is 7.24. The number of carbonyl (C=O) groups excluding carboxylic acids is 1. The number of halogens is 1. The van der Waals surface area contributed by atoms with E-state index in [1.807, 2.05) is 0 Å². The van der Waals surface area contributed by atoms with Gasteiger partial charge in [-0.25, -0.2) is 9.18 Å². The van der Waals surface area contributed by atoms with E-state index in [1.165, 1.54) is 12.1 Å². The smallest absolute Gasteiger partial charge is 0.341 e. The zero-order valence-corrected chi connectivity index (χ0v) is 12.7. The molecule has 0 bridgehead atoms. The normalized spacial score (nSPS) is 25.2. The maximum absolute atomic E-state index is 13.8. The Labute approximate surface area is 120 Å². The molecule has 0 N–H and O–H groups in total. The first-order valence-electron chi connectivity index (χ1n) is 7.24. The highest BCUT2D eigenvalue weighted by molar-refractivity contribution is 5.89. The van der Waals surface area contributed by atoms with Crippen LogP contribution in [0, 0.1) is 24.1 Å². The van der Waals surface area contributed by atoms with Crippen molar-refractivity contribution in [3.05, 3.63) is 35.1 Å². The van der Waals surface area contributed by atoms with Gasteiger partial charge in [0, 0.05) is 0 Å². The molecule has 1 saturated carbocycles.